The highest BCUT2D eigenvalue weighted by atomic mass is 16.5. The molecule has 0 radical (unpaired) electrons. The van der Waals surface area contributed by atoms with E-state index in [1.54, 1.807) is 24.3 Å². The molecule has 0 spiro atoms. The second-order valence-electron chi connectivity index (χ2n) is 6.38. The average molecular weight is 376 g/mol. The molecule has 1 amide bonds. The van der Waals surface area contributed by atoms with Gasteiger partial charge in [0.1, 0.15) is 5.69 Å². The van der Waals surface area contributed by atoms with Gasteiger partial charge in [0, 0.05) is 34.9 Å². The summed E-state index contributed by atoms with van der Waals surface area (Å²) >= 11 is 0. The monoisotopic (exact) mass is 376 g/mol. The Morgan fingerprint density at radius 1 is 1.21 bits per heavy atom. The van der Waals surface area contributed by atoms with Crippen LogP contribution in [0, 0.1) is 0 Å². The first-order valence-corrected chi connectivity index (χ1v) is 8.89. The number of methoxy groups -OCH3 is 1. The van der Waals surface area contributed by atoms with Crippen LogP contribution < -0.4 is 15.8 Å². The summed E-state index contributed by atoms with van der Waals surface area (Å²) in [5.74, 6) is 0.0853. The van der Waals surface area contributed by atoms with Crippen molar-refractivity contribution in [3.63, 3.8) is 0 Å². The van der Waals surface area contributed by atoms with Crippen LogP contribution in [-0.2, 0) is 0 Å². The van der Waals surface area contributed by atoms with E-state index in [9.17, 15) is 9.90 Å². The first-order valence-electron chi connectivity index (χ1n) is 8.89. The fourth-order valence-corrected chi connectivity index (χ4v) is 3.27. The van der Waals surface area contributed by atoms with Crippen molar-refractivity contribution < 1.29 is 14.6 Å². The number of aromatic hydroxyl groups is 1. The number of H-pyrrole nitrogens is 1. The van der Waals surface area contributed by atoms with E-state index >= 15 is 0 Å². The molecule has 0 saturated carbocycles. The number of hydrogen-bond acceptors (Lipinski definition) is 5. The number of aromatic amines is 1. The molecular formula is C21H20N4O3. The van der Waals surface area contributed by atoms with Crippen LogP contribution in [0.3, 0.4) is 0 Å². The number of carbonyl (C=O) groups is 1. The van der Waals surface area contributed by atoms with Gasteiger partial charge in [0.15, 0.2) is 11.5 Å². The number of phenols is 1. The molecule has 0 fully saturated rings. The number of rotatable bonds is 5. The molecule has 0 bridgehead atoms. The minimum Gasteiger partial charge on any atom is -0.504 e. The van der Waals surface area contributed by atoms with Gasteiger partial charge in [-0.2, -0.15) is 0 Å². The molecule has 0 unspecified atom stereocenters. The van der Waals surface area contributed by atoms with E-state index in [-0.39, 0.29) is 11.7 Å². The van der Waals surface area contributed by atoms with Crippen LogP contribution >= 0.6 is 0 Å². The Bertz CT molecular complexity index is 1180. The van der Waals surface area contributed by atoms with Gasteiger partial charge in [0.2, 0.25) is 0 Å². The summed E-state index contributed by atoms with van der Waals surface area (Å²) < 4.78 is 5.23. The molecule has 0 atom stereocenters. The molecule has 2 heterocycles. The van der Waals surface area contributed by atoms with Crippen molar-refractivity contribution in [1.29, 1.82) is 0 Å². The van der Waals surface area contributed by atoms with Crippen molar-refractivity contribution in [3.8, 4) is 22.8 Å². The number of hydrogen-bond donors (Lipinski definition) is 4. The van der Waals surface area contributed by atoms with E-state index in [2.05, 4.69) is 15.3 Å². The predicted molar refractivity (Wildman–Crippen MR) is 109 cm³/mol. The van der Waals surface area contributed by atoms with E-state index in [1.165, 1.54) is 7.11 Å². The van der Waals surface area contributed by atoms with Gasteiger partial charge in [-0.3, -0.25) is 4.79 Å². The molecule has 4 rings (SSSR count). The number of ether oxygens (including phenoxy) is 1. The van der Waals surface area contributed by atoms with Crippen molar-refractivity contribution in [2.24, 2.45) is 5.73 Å². The molecule has 2 aromatic carbocycles. The van der Waals surface area contributed by atoms with Gasteiger partial charge in [-0.25, -0.2) is 4.98 Å². The number of nitrogens with two attached hydrogens (primary N) is 1. The highest BCUT2D eigenvalue weighted by Crippen LogP contribution is 2.36. The molecule has 7 nitrogen and oxygen atoms in total. The molecule has 0 saturated heterocycles. The lowest BCUT2D eigenvalue weighted by Gasteiger charge is -2.10. The summed E-state index contributed by atoms with van der Waals surface area (Å²) in [4.78, 5) is 20.6. The fraction of sp³-hybridized carbons (Fsp3) is 0.143. The van der Waals surface area contributed by atoms with Gasteiger partial charge in [-0.15, -0.1) is 0 Å². The first-order chi connectivity index (χ1) is 13.6. The third-order valence-corrected chi connectivity index (χ3v) is 4.61. The number of aromatic nitrogens is 2. The molecule has 0 aliphatic heterocycles. The van der Waals surface area contributed by atoms with Crippen LogP contribution in [0.2, 0.25) is 0 Å². The second kappa shape index (κ2) is 7.21. The third kappa shape index (κ3) is 3.01. The maximum Gasteiger partial charge on any atom is 0.269 e. The first kappa shape index (κ1) is 17.8. The van der Waals surface area contributed by atoms with Gasteiger partial charge in [0.05, 0.1) is 18.3 Å². The van der Waals surface area contributed by atoms with Crippen LogP contribution in [0.4, 0.5) is 0 Å². The maximum absolute atomic E-state index is 12.6. The Labute approximate surface area is 161 Å². The summed E-state index contributed by atoms with van der Waals surface area (Å²) in [6.45, 7) is 0.720. The number of pyridine rings is 1. The summed E-state index contributed by atoms with van der Waals surface area (Å²) in [5.41, 5.74) is 8.87. The molecule has 4 aromatic rings. The highest BCUT2D eigenvalue weighted by Gasteiger charge is 2.17. The number of phenolic OH excluding ortho intramolecular Hbond substituents is 1. The number of carbonyl (C=O) groups excluding carboxylic acids is 1. The molecule has 0 aliphatic carbocycles. The zero-order valence-electron chi connectivity index (χ0n) is 15.3. The van der Waals surface area contributed by atoms with E-state index in [0.717, 1.165) is 27.4 Å². The van der Waals surface area contributed by atoms with Gasteiger partial charge in [-0.05, 0) is 30.3 Å². The molecular weight excluding hydrogens is 356 g/mol. The van der Waals surface area contributed by atoms with Crippen LogP contribution in [-0.4, -0.2) is 41.2 Å². The van der Waals surface area contributed by atoms with E-state index in [4.69, 9.17) is 10.5 Å². The van der Waals surface area contributed by atoms with Gasteiger partial charge in [-0.1, -0.05) is 18.2 Å². The zero-order chi connectivity index (χ0) is 19.7. The highest BCUT2D eigenvalue weighted by molar-refractivity contribution is 6.13. The lowest BCUT2D eigenvalue weighted by molar-refractivity contribution is 0.0950. The number of benzene rings is 2. The Kier molecular flexibility index (Phi) is 4.58. The molecule has 2 aromatic heterocycles. The summed E-state index contributed by atoms with van der Waals surface area (Å²) in [6.07, 6.45) is 0. The quantitative estimate of drug-likeness (QED) is 0.428. The summed E-state index contributed by atoms with van der Waals surface area (Å²) in [6, 6.07) is 14.6. The Hall–Kier alpha value is -3.58. The molecule has 5 N–H and O–H groups in total. The minimum atomic E-state index is -0.287. The van der Waals surface area contributed by atoms with Crippen LogP contribution in [0.25, 0.3) is 33.1 Å². The SMILES string of the molecule is COc1cc(-c2nc(C(=O)NCCN)cc3c2[nH]c2ccccc23)ccc1O. The third-order valence-electron chi connectivity index (χ3n) is 4.61. The largest absolute Gasteiger partial charge is 0.504 e. The summed E-state index contributed by atoms with van der Waals surface area (Å²) in [5, 5.41) is 14.6. The van der Waals surface area contributed by atoms with Crippen molar-refractivity contribution >= 4 is 27.7 Å². The number of fused-ring (bicyclic) bond motifs is 3. The lowest BCUT2D eigenvalue weighted by Crippen LogP contribution is -2.29. The van der Waals surface area contributed by atoms with E-state index in [1.807, 2.05) is 24.3 Å². The molecule has 7 heteroatoms. The number of nitrogens with one attached hydrogen (secondary N) is 2. The van der Waals surface area contributed by atoms with E-state index in [0.29, 0.717) is 30.2 Å². The smallest absolute Gasteiger partial charge is 0.269 e. The van der Waals surface area contributed by atoms with Crippen molar-refractivity contribution in [2.75, 3.05) is 20.2 Å². The lowest BCUT2D eigenvalue weighted by atomic mass is 10.1. The zero-order valence-corrected chi connectivity index (χ0v) is 15.3. The normalized spacial score (nSPS) is 11.1. The Morgan fingerprint density at radius 2 is 2.04 bits per heavy atom. The van der Waals surface area contributed by atoms with Crippen LogP contribution in [0.1, 0.15) is 10.5 Å². The standard InChI is InChI=1S/C21H20N4O3/c1-28-18-10-12(6-7-17(18)26)19-20-14(13-4-2-3-5-15(13)24-20)11-16(25-19)21(27)23-9-8-22/h2-7,10-11,24,26H,8-9,22H2,1H3,(H,23,27). The van der Waals surface area contributed by atoms with Gasteiger partial charge >= 0.3 is 0 Å². The van der Waals surface area contributed by atoms with Crippen molar-refractivity contribution in [1.82, 2.24) is 15.3 Å². The summed E-state index contributed by atoms with van der Waals surface area (Å²) in [7, 11) is 1.49. The number of amides is 1. The number of nitrogens with zero attached hydrogens (tertiary/aromatic N) is 1. The fourth-order valence-electron chi connectivity index (χ4n) is 3.27. The minimum absolute atomic E-state index is 0.0379. The molecule has 142 valence electrons. The average Bonchev–Trinajstić information content (AvgIpc) is 3.10. The predicted octanol–water partition coefficient (Wildman–Crippen LogP) is 2.79. The van der Waals surface area contributed by atoms with Crippen LogP contribution in [0.15, 0.2) is 48.5 Å². The van der Waals surface area contributed by atoms with Gasteiger partial charge in [0.25, 0.3) is 5.91 Å². The number of para-hydroxylation sites is 1. The second-order valence-corrected chi connectivity index (χ2v) is 6.38. The molecule has 0 aliphatic rings. The van der Waals surface area contributed by atoms with E-state index < -0.39 is 0 Å². The maximum atomic E-state index is 12.6. The topological polar surface area (TPSA) is 113 Å². The Balaban J connectivity index is 1.99. The Morgan fingerprint density at radius 3 is 2.82 bits per heavy atom. The van der Waals surface area contributed by atoms with Crippen molar-refractivity contribution in [3.05, 3.63) is 54.2 Å². The van der Waals surface area contributed by atoms with Crippen molar-refractivity contribution in [2.45, 2.75) is 0 Å². The molecule has 28 heavy (non-hydrogen) atoms. The van der Waals surface area contributed by atoms with Gasteiger partial charge < -0.3 is 25.9 Å². The van der Waals surface area contributed by atoms with Crippen LogP contribution in [0.5, 0.6) is 11.5 Å².